The van der Waals surface area contributed by atoms with Crippen molar-refractivity contribution in [1.82, 2.24) is 9.88 Å². The molecule has 2 unspecified atom stereocenters. The smallest absolute Gasteiger partial charge is 0.323 e. The van der Waals surface area contributed by atoms with Crippen LogP contribution in [0, 0.1) is 5.92 Å². The molecule has 8 nitrogen and oxygen atoms in total. The molecule has 1 saturated carbocycles. The van der Waals surface area contributed by atoms with Gasteiger partial charge >= 0.3 is 6.03 Å². The molecule has 2 atom stereocenters. The van der Waals surface area contributed by atoms with E-state index < -0.39 is 0 Å². The zero-order valence-electron chi connectivity index (χ0n) is 25.1. The summed E-state index contributed by atoms with van der Waals surface area (Å²) < 4.78 is 1.93. The summed E-state index contributed by atoms with van der Waals surface area (Å²) in [6.45, 7) is 4.31. The molecule has 2 aliphatic heterocycles. The summed E-state index contributed by atoms with van der Waals surface area (Å²) in [5.74, 6) is 0.453. The number of carbonyl (C=O) groups is 2. The Bertz CT molecular complexity index is 1510. The van der Waals surface area contributed by atoms with Gasteiger partial charge in [-0.05, 0) is 73.6 Å². The second-order valence-corrected chi connectivity index (χ2v) is 12.5. The molecule has 3 amide bonds. The molecule has 1 aromatic heterocycles. The molecule has 0 spiro atoms. The minimum absolute atomic E-state index is 0.0614. The van der Waals surface area contributed by atoms with Crippen LogP contribution in [0.15, 0.2) is 65.5 Å². The molecule has 1 aliphatic carbocycles. The van der Waals surface area contributed by atoms with Crippen LogP contribution in [0.2, 0.25) is 0 Å². The van der Waals surface area contributed by atoms with Gasteiger partial charge in [0.1, 0.15) is 0 Å². The molecule has 3 N–H and O–H groups in total. The molecule has 2 fully saturated rings. The van der Waals surface area contributed by atoms with Crippen LogP contribution in [0.3, 0.4) is 0 Å². The third-order valence-electron chi connectivity index (χ3n) is 9.39. The largest absolute Gasteiger partial charge is 0.369 e. The van der Waals surface area contributed by atoms with Gasteiger partial charge in [-0.1, -0.05) is 57.2 Å². The number of nitrogens with one attached hydrogen (secondary N) is 3. The highest BCUT2D eigenvalue weighted by Crippen LogP contribution is 2.39. The number of hydrogen-bond donors (Lipinski definition) is 3. The highest BCUT2D eigenvalue weighted by molar-refractivity contribution is 6.04. The topological polar surface area (TPSA) is 95.5 Å². The number of rotatable bonds is 6. The lowest BCUT2D eigenvalue weighted by Gasteiger charge is -2.44. The number of aryl methyl sites for hydroxylation is 1. The zero-order valence-corrected chi connectivity index (χ0v) is 25.1. The lowest BCUT2D eigenvalue weighted by atomic mass is 9.83. The fourth-order valence-electron chi connectivity index (χ4n) is 7.12. The Morgan fingerprint density at radius 2 is 1.63 bits per heavy atom. The van der Waals surface area contributed by atoms with Crippen LogP contribution in [-0.2, 0) is 13.0 Å². The molecule has 2 aromatic carbocycles. The van der Waals surface area contributed by atoms with Crippen LogP contribution in [0.4, 0.5) is 21.9 Å². The van der Waals surface area contributed by atoms with Crippen LogP contribution >= 0.6 is 0 Å². The van der Waals surface area contributed by atoms with Crippen molar-refractivity contribution in [3.05, 3.63) is 87.8 Å². The number of benzene rings is 2. The fraction of sp³-hybridized carbons (Fsp3) is 0.457. The molecule has 2 bridgehead atoms. The Balaban J connectivity index is 1.25. The first-order valence-corrected chi connectivity index (χ1v) is 16.0. The molecule has 8 heteroatoms. The van der Waals surface area contributed by atoms with Gasteiger partial charge in [-0.15, -0.1) is 0 Å². The van der Waals surface area contributed by atoms with Gasteiger partial charge < -0.3 is 25.4 Å². The van der Waals surface area contributed by atoms with Gasteiger partial charge in [0.15, 0.2) is 0 Å². The van der Waals surface area contributed by atoms with E-state index in [1.165, 1.54) is 24.8 Å². The van der Waals surface area contributed by atoms with Gasteiger partial charge in [0, 0.05) is 54.6 Å². The standard InChI is InChI=1S/C35H43N5O3/c1-2-24-13-16-29(17-14-24)37-35(43)38-30-20-26(34(42)36-28-9-6-4-3-5-7-10-28)15-18-32(30)39-21-25-19-27(23-39)31-11-8-12-33(41)40(31)22-25/h8,11-18,20,25,27-28H,2-7,9-10,19,21-23H2,1H3,(H,36,42)(H2,37,38,43). The third kappa shape index (κ3) is 6.79. The number of amides is 3. The maximum absolute atomic E-state index is 13.4. The van der Waals surface area contributed by atoms with E-state index in [1.54, 1.807) is 6.07 Å². The number of urea groups is 1. The first-order chi connectivity index (χ1) is 21.0. The predicted octanol–water partition coefficient (Wildman–Crippen LogP) is 6.52. The van der Waals surface area contributed by atoms with Gasteiger partial charge in [-0.25, -0.2) is 4.79 Å². The lowest BCUT2D eigenvalue weighted by Crippen LogP contribution is -2.47. The van der Waals surface area contributed by atoms with Gasteiger partial charge in [0.2, 0.25) is 0 Å². The van der Waals surface area contributed by atoms with Crippen molar-refractivity contribution in [3.8, 4) is 0 Å². The molecule has 43 heavy (non-hydrogen) atoms. The van der Waals surface area contributed by atoms with Gasteiger partial charge in [-0.2, -0.15) is 0 Å². The Labute approximate surface area is 253 Å². The molecule has 3 heterocycles. The Kier molecular flexibility index (Phi) is 8.82. The van der Waals surface area contributed by atoms with E-state index in [2.05, 4.69) is 33.8 Å². The van der Waals surface area contributed by atoms with E-state index in [1.807, 2.05) is 53.1 Å². The van der Waals surface area contributed by atoms with Crippen molar-refractivity contribution >= 4 is 29.0 Å². The average molecular weight is 582 g/mol. The number of pyridine rings is 1. The first kappa shape index (κ1) is 29.0. The van der Waals surface area contributed by atoms with Gasteiger partial charge in [0.05, 0.1) is 11.4 Å². The van der Waals surface area contributed by atoms with Crippen molar-refractivity contribution in [2.75, 3.05) is 28.6 Å². The van der Waals surface area contributed by atoms with Crippen molar-refractivity contribution in [1.29, 1.82) is 0 Å². The average Bonchev–Trinajstić information content (AvgIpc) is 2.99. The SMILES string of the molecule is CCc1ccc(NC(=O)Nc2cc(C(=O)NC3CCCCCCC3)ccc2N2CC3CC(C2)c2cccc(=O)n2C3)cc1. The maximum atomic E-state index is 13.4. The second-order valence-electron chi connectivity index (χ2n) is 12.5. The number of carbonyl (C=O) groups excluding carboxylic acids is 2. The molecule has 3 aliphatic rings. The van der Waals surface area contributed by atoms with Gasteiger partial charge in [0.25, 0.3) is 11.5 Å². The van der Waals surface area contributed by atoms with Crippen LogP contribution in [0.5, 0.6) is 0 Å². The maximum Gasteiger partial charge on any atom is 0.323 e. The lowest BCUT2D eigenvalue weighted by molar-refractivity contribution is 0.0930. The van der Waals surface area contributed by atoms with E-state index in [0.717, 1.165) is 63.0 Å². The zero-order chi connectivity index (χ0) is 29.8. The summed E-state index contributed by atoms with van der Waals surface area (Å²) in [4.78, 5) is 41.5. The summed E-state index contributed by atoms with van der Waals surface area (Å²) in [6, 6.07) is 18.9. The number of hydrogen-bond acceptors (Lipinski definition) is 4. The molecular formula is C35H43N5O3. The minimum Gasteiger partial charge on any atom is -0.369 e. The fourth-order valence-corrected chi connectivity index (χ4v) is 7.12. The predicted molar refractivity (Wildman–Crippen MR) is 172 cm³/mol. The monoisotopic (exact) mass is 581 g/mol. The number of nitrogens with zero attached hydrogens (tertiary/aromatic N) is 2. The summed E-state index contributed by atoms with van der Waals surface area (Å²) in [7, 11) is 0. The van der Waals surface area contributed by atoms with Crippen LogP contribution < -0.4 is 26.4 Å². The molecule has 3 aromatic rings. The summed E-state index contributed by atoms with van der Waals surface area (Å²) in [5.41, 5.74) is 5.10. The molecule has 0 radical (unpaired) electrons. The van der Waals surface area contributed by atoms with Crippen LogP contribution in [-0.4, -0.2) is 35.6 Å². The Hall–Kier alpha value is -4.07. The van der Waals surface area contributed by atoms with Crippen LogP contribution in [0.25, 0.3) is 0 Å². The second kappa shape index (κ2) is 13.1. The van der Waals surface area contributed by atoms with Crippen LogP contribution in [0.1, 0.15) is 85.8 Å². The van der Waals surface area contributed by atoms with E-state index >= 15 is 0 Å². The quantitative estimate of drug-likeness (QED) is 0.309. The highest BCUT2D eigenvalue weighted by atomic mass is 16.2. The molecular weight excluding hydrogens is 538 g/mol. The summed E-state index contributed by atoms with van der Waals surface area (Å²) in [5, 5.41) is 9.29. The van der Waals surface area contributed by atoms with E-state index in [-0.39, 0.29) is 29.5 Å². The third-order valence-corrected chi connectivity index (χ3v) is 9.39. The van der Waals surface area contributed by atoms with E-state index in [4.69, 9.17) is 0 Å². The number of piperidine rings is 1. The molecule has 6 rings (SSSR count). The summed E-state index contributed by atoms with van der Waals surface area (Å²) in [6.07, 6.45) is 10.0. The van der Waals surface area contributed by atoms with E-state index in [0.29, 0.717) is 29.4 Å². The van der Waals surface area contributed by atoms with Gasteiger partial charge in [-0.3, -0.25) is 9.59 Å². The normalized spacial score (nSPS) is 20.3. The number of anilines is 3. The Morgan fingerprint density at radius 1 is 0.860 bits per heavy atom. The first-order valence-electron chi connectivity index (χ1n) is 16.0. The van der Waals surface area contributed by atoms with Crippen molar-refractivity contribution in [2.24, 2.45) is 5.92 Å². The number of fused-ring (bicyclic) bond motifs is 4. The molecule has 226 valence electrons. The van der Waals surface area contributed by atoms with E-state index in [9.17, 15) is 14.4 Å². The Morgan fingerprint density at radius 3 is 2.40 bits per heavy atom. The highest BCUT2D eigenvalue weighted by Gasteiger charge is 2.35. The number of aromatic nitrogens is 1. The summed E-state index contributed by atoms with van der Waals surface area (Å²) >= 11 is 0. The van der Waals surface area contributed by atoms with Crippen molar-refractivity contribution in [3.63, 3.8) is 0 Å². The van der Waals surface area contributed by atoms with Crippen molar-refractivity contribution < 1.29 is 9.59 Å². The molecule has 1 saturated heterocycles. The minimum atomic E-state index is -0.350. The van der Waals surface area contributed by atoms with Crippen molar-refractivity contribution in [2.45, 2.75) is 83.2 Å².